The third-order valence-corrected chi connectivity index (χ3v) is 3.88. The number of rotatable bonds is 9. The van der Waals surface area contributed by atoms with Crippen LogP contribution in [0.25, 0.3) is 10.6 Å². The van der Waals surface area contributed by atoms with Crippen LogP contribution in [0.2, 0.25) is 0 Å². The Morgan fingerprint density at radius 1 is 1.13 bits per heavy atom. The van der Waals surface area contributed by atoms with Gasteiger partial charge in [-0.3, -0.25) is 4.79 Å². The molecule has 1 amide bonds. The molecule has 0 saturated heterocycles. The number of thiazole rings is 1. The van der Waals surface area contributed by atoms with E-state index in [1.165, 1.54) is 11.3 Å². The zero-order chi connectivity index (χ0) is 16.5. The van der Waals surface area contributed by atoms with Gasteiger partial charge in [-0.1, -0.05) is 0 Å². The van der Waals surface area contributed by atoms with Crippen LogP contribution < -0.4 is 10.1 Å². The van der Waals surface area contributed by atoms with Crippen LogP contribution in [0.3, 0.4) is 0 Å². The maximum Gasteiger partial charge on any atom is 0.270 e. The molecule has 0 atom stereocenters. The predicted molar refractivity (Wildman–Crippen MR) is 89.1 cm³/mol. The van der Waals surface area contributed by atoms with E-state index in [1.54, 1.807) is 19.6 Å². The Balaban J connectivity index is 1.95. The lowest BCUT2D eigenvalue weighted by molar-refractivity contribution is 0.0933. The van der Waals surface area contributed by atoms with Gasteiger partial charge in [-0.05, 0) is 24.3 Å². The summed E-state index contributed by atoms with van der Waals surface area (Å²) in [5.41, 5.74) is 1.37. The fourth-order valence-electron chi connectivity index (χ4n) is 1.80. The van der Waals surface area contributed by atoms with Crippen molar-refractivity contribution in [3.63, 3.8) is 0 Å². The first-order chi connectivity index (χ1) is 11.2. The highest BCUT2D eigenvalue weighted by Crippen LogP contribution is 2.25. The number of ether oxygens (including phenoxy) is 3. The van der Waals surface area contributed by atoms with E-state index in [9.17, 15) is 4.79 Å². The lowest BCUT2D eigenvalue weighted by Gasteiger charge is -2.05. The van der Waals surface area contributed by atoms with E-state index in [2.05, 4.69) is 10.3 Å². The molecule has 0 bridgehead atoms. The Kier molecular flexibility index (Phi) is 6.99. The molecule has 6 nitrogen and oxygen atoms in total. The van der Waals surface area contributed by atoms with Crippen molar-refractivity contribution in [3.05, 3.63) is 35.3 Å². The molecule has 1 N–H and O–H groups in total. The minimum absolute atomic E-state index is 0.191. The van der Waals surface area contributed by atoms with Crippen LogP contribution in [0, 0.1) is 0 Å². The van der Waals surface area contributed by atoms with Crippen LogP contribution in [-0.4, -0.2) is 51.5 Å². The maximum atomic E-state index is 11.9. The molecule has 0 saturated carbocycles. The van der Waals surface area contributed by atoms with E-state index < -0.39 is 0 Å². The minimum Gasteiger partial charge on any atom is -0.491 e. The van der Waals surface area contributed by atoms with Crippen molar-refractivity contribution in [1.29, 1.82) is 0 Å². The molecule has 1 heterocycles. The molecule has 0 spiro atoms. The Morgan fingerprint density at radius 2 is 1.87 bits per heavy atom. The summed E-state index contributed by atoms with van der Waals surface area (Å²) in [6.45, 7) is 2.01. The van der Waals surface area contributed by atoms with Gasteiger partial charge in [0.15, 0.2) is 0 Å². The number of carbonyl (C=O) groups is 1. The summed E-state index contributed by atoms with van der Waals surface area (Å²) in [4.78, 5) is 16.3. The number of hydrogen-bond donors (Lipinski definition) is 1. The predicted octanol–water partition coefficient (Wildman–Crippen LogP) is 2.21. The van der Waals surface area contributed by atoms with Gasteiger partial charge in [-0.25, -0.2) is 4.98 Å². The standard InChI is InChI=1S/C16H20N2O4S/c1-20-8-7-17-15(19)14-11-23-16(18-14)12-3-5-13(6-4-12)22-10-9-21-2/h3-6,11H,7-10H2,1-2H3,(H,17,19). The van der Waals surface area contributed by atoms with E-state index in [4.69, 9.17) is 14.2 Å². The number of benzene rings is 1. The molecule has 0 aliphatic heterocycles. The molecule has 2 rings (SSSR count). The number of nitrogens with zero attached hydrogens (tertiary/aromatic N) is 1. The Morgan fingerprint density at radius 3 is 2.57 bits per heavy atom. The summed E-state index contributed by atoms with van der Waals surface area (Å²) in [5, 5.41) is 5.30. The van der Waals surface area contributed by atoms with Crippen molar-refractivity contribution in [1.82, 2.24) is 10.3 Å². The lowest BCUT2D eigenvalue weighted by atomic mass is 10.2. The van der Waals surface area contributed by atoms with Crippen LogP contribution >= 0.6 is 11.3 Å². The SMILES string of the molecule is COCCNC(=O)c1csc(-c2ccc(OCCOC)cc2)n1. The zero-order valence-corrected chi connectivity index (χ0v) is 14.0. The Labute approximate surface area is 139 Å². The van der Waals surface area contributed by atoms with Crippen LogP contribution in [-0.2, 0) is 9.47 Å². The second kappa shape index (κ2) is 9.24. The zero-order valence-electron chi connectivity index (χ0n) is 13.2. The van der Waals surface area contributed by atoms with Gasteiger partial charge in [-0.15, -0.1) is 11.3 Å². The third-order valence-electron chi connectivity index (χ3n) is 2.99. The van der Waals surface area contributed by atoms with Gasteiger partial charge in [0.25, 0.3) is 5.91 Å². The molecule has 0 unspecified atom stereocenters. The van der Waals surface area contributed by atoms with Crippen LogP contribution in [0.15, 0.2) is 29.6 Å². The Hall–Kier alpha value is -1.96. The second-order valence-electron chi connectivity index (χ2n) is 4.65. The van der Waals surface area contributed by atoms with Gasteiger partial charge in [0, 0.05) is 31.7 Å². The molecular formula is C16H20N2O4S. The van der Waals surface area contributed by atoms with Crippen molar-refractivity contribution in [2.75, 3.05) is 40.6 Å². The van der Waals surface area contributed by atoms with Crippen molar-refractivity contribution >= 4 is 17.2 Å². The number of aromatic nitrogens is 1. The van der Waals surface area contributed by atoms with E-state index in [0.717, 1.165) is 16.3 Å². The van der Waals surface area contributed by atoms with Crippen LogP contribution in [0.4, 0.5) is 0 Å². The molecule has 0 aliphatic rings. The summed E-state index contributed by atoms with van der Waals surface area (Å²) in [6, 6.07) is 7.61. The summed E-state index contributed by atoms with van der Waals surface area (Å²) < 4.78 is 15.4. The van der Waals surface area contributed by atoms with Gasteiger partial charge < -0.3 is 19.5 Å². The highest BCUT2D eigenvalue weighted by Gasteiger charge is 2.11. The number of carbonyl (C=O) groups excluding carboxylic acids is 1. The monoisotopic (exact) mass is 336 g/mol. The fourth-order valence-corrected chi connectivity index (χ4v) is 2.61. The lowest BCUT2D eigenvalue weighted by Crippen LogP contribution is -2.27. The van der Waals surface area contributed by atoms with E-state index >= 15 is 0 Å². The average Bonchev–Trinajstić information content (AvgIpc) is 3.06. The van der Waals surface area contributed by atoms with Gasteiger partial charge in [-0.2, -0.15) is 0 Å². The van der Waals surface area contributed by atoms with Gasteiger partial charge >= 0.3 is 0 Å². The van der Waals surface area contributed by atoms with Gasteiger partial charge in [0.2, 0.25) is 0 Å². The highest BCUT2D eigenvalue weighted by molar-refractivity contribution is 7.13. The maximum absolute atomic E-state index is 11.9. The quantitative estimate of drug-likeness (QED) is 0.711. The van der Waals surface area contributed by atoms with Gasteiger partial charge in [0.05, 0.1) is 13.2 Å². The number of hydrogen-bond acceptors (Lipinski definition) is 6. The molecule has 23 heavy (non-hydrogen) atoms. The summed E-state index contributed by atoms with van der Waals surface area (Å²) >= 11 is 1.43. The number of amides is 1. The van der Waals surface area contributed by atoms with E-state index in [1.807, 2.05) is 24.3 Å². The third kappa shape index (κ3) is 5.31. The van der Waals surface area contributed by atoms with Crippen molar-refractivity contribution < 1.29 is 19.0 Å². The topological polar surface area (TPSA) is 69.7 Å². The van der Waals surface area contributed by atoms with E-state index in [-0.39, 0.29) is 5.91 Å². The summed E-state index contributed by atoms with van der Waals surface area (Å²) in [6.07, 6.45) is 0. The molecule has 124 valence electrons. The summed E-state index contributed by atoms with van der Waals surface area (Å²) in [7, 11) is 3.23. The van der Waals surface area contributed by atoms with E-state index in [0.29, 0.717) is 32.1 Å². The Bertz CT molecular complexity index is 613. The highest BCUT2D eigenvalue weighted by atomic mass is 32.1. The normalized spacial score (nSPS) is 10.5. The van der Waals surface area contributed by atoms with Crippen LogP contribution in [0.5, 0.6) is 5.75 Å². The first-order valence-electron chi connectivity index (χ1n) is 7.19. The molecule has 1 aromatic heterocycles. The average molecular weight is 336 g/mol. The smallest absolute Gasteiger partial charge is 0.270 e. The minimum atomic E-state index is -0.191. The molecule has 2 aromatic rings. The van der Waals surface area contributed by atoms with Crippen molar-refractivity contribution in [3.8, 4) is 16.3 Å². The largest absolute Gasteiger partial charge is 0.491 e. The van der Waals surface area contributed by atoms with Crippen LogP contribution in [0.1, 0.15) is 10.5 Å². The van der Waals surface area contributed by atoms with Crippen molar-refractivity contribution in [2.24, 2.45) is 0 Å². The number of methoxy groups -OCH3 is 2. The first kappa shape index (κ1) is 17.4. The first-order valence-corrected chi connectivity index (χ1v) is 8.07. The molecule has 0 radical (unpaired) electrons. The second-order valence-corrected chi connectivity index (χ2v) is 5.51. The van der Waals surface area contributed by atoms with Gasteiger partial charge in [0.1, 0.15) is 23.1 Å². The fraction of sp³-hybridized carbons (Fsp3) is 0.375. The molecule has 7 heteroatoms. The molecule has 0 fully saturated rings. The molecular weight excluding hydrogens is 316 g/mol. The molecule has 1 aromatic carbocycles. The van der Waals surface area contributed by atoms with Crippen molar-refractivity contribution in [2.45, 2.75) is 0 Å². The summed E-state index contributed by atoms with van der Waals surface area (Å²) in [5.74, 6) is 0.587. The number of nitrogens with one attached hydrogen (secondary N) is 1. The molecule has 0 aliphatic carbocycles.